The largest absolute Gasteiger partial charge is 0.392 e. The summed E-state index contributed by atoms with van der Waals surface area (Å²) in [5, 5.41) is 87.9. The topological polar surface area (TPSA) is 522 Å². The Balaban J connectivity index is 7.34. The molecule has 41 nitrogen and oxygen atoms in total. The van der Waals surface area contributed by atoms with Crippen LogP contribution in [0.25, 0.3) is 0 Å². The first-order valence-corrected chi connectivity index (χ1v) is 45.8. The minimum atomic E-state index is -1.37. The standard InChI is InChI=1S/C88H163N17O24/c1-25-57(9)90-33-74(115)99(58(10)26-2)51-83(124)101(60(12)28-4)53-85(126)103(62(14)30-6)55-87(128)105(64(16)32-8)56-88(129)104(63(15)31-7)54-86(127)102(61(13)29-5)52-84(125)100(59(11)27-3)50-82(123)98(41-72(24)113)49-81(122)97(40-71(23)112)48-80(121)96(39-70(22)111)47-79(120)95(38-69(21)110)46-78(119)94(37-68(20)109)45-77(118)93(36-67(19)108)44-76(117)92(35-66(18)107)43-75(116)91(34-65(17)106)42-73(89)114/h57-72,90,106-113H,25-56H2,1-24H3,(H2,89,114). The average molecular weight is 1840 g/mol. The molecule has 0 rings (SSSR count). The number of carbonyl (C=O) groups excluding carboxylic acids is 16. The van der Waals surface area contributed by atoms with E-state index in [2.05, 4.69) is 5.32 Å². The van der Waals surface area contributed by atoms with Crippen LogP contribution in [-0.2, 0) is 76.7 Å². The highest BCUT2D eigenvalue weighted by Gasteiger charge is 2.40. The Morgan fingerprint density at radius 1 is 0.202 bits per heavy atom. The number of hydrogen-bond acceptors (Lipinski definition) is 25. The van der Waals surface area contributed by atoms with Crippen LogP contribution >= 0.6 is 0 Å². The van der Waals surface area contributed by atoms with E-state index in [1.807, 2.05) is 62.3 Å². The highest BCUT2D eigenvalue weighted by Crippen LogP contribution is 2.20. The molecule has 0 radical (unpaired) electrons. The van der Waals surface area contributed by atoms with Crippen LogP contribution in [0.5, 0.6) is 0 Å². The molecule has 0 aromatic carbocycles. The second kappa shape index (κ2) is 61.0. The van der Waals surface area contributed by atoms with Crippen molar-refractivity contribution in [3.63, 3.8) is 0 Å². The summed E-state index contributed by atoms with van der Waals surface area (Å²) < 4.78 is 0. The number of hydrogen-bond donors (Lipinski definition) is 10. The number of aliphatic hydroxyl groups excluding tert-OH is 8. The van der Waals surface area contributed by atoms with Gasteiger partial charge in [0, 0.05) is 101 Å². The molecule has 0 aliphatic carbocycles. The van der Waals surface area contributed by atoms with Crippen molar-refractivity contribution in [1.29, 1.82) is 0 Å². The van der Waals surface area contributed by atoms with Gasteiger partial charge in [-0.1, -0.05) is 55.4 Å². The molecule has 0 heterocycles. The number of nitrogens with two attached hydrogens (primary N) is 1. The van der Waals surface area contributed by atoms with Crippen molar-refractivity contribution < 1.29 is 118 Å². The maximum atomic E-state index is 15.0. The van der Waals surface area contributed by atoms with Gasteiger partial charge in [-0.3, -0.25) is 76.7 Å². The zero-order valence-corrected chi connectivity index (χ0v) is 81.8. The predicted octanol–water partition coefficient (Wildman–Crippen LogP) is -2.08. The first-order valence-electron chi connectivity index (χ1n) is 45.8. The molecule has 16 atom stereocenters. The number of amides is 16. The smallest absolute Gasteiger partial charge is 0.242 e. The molecule has 16 unspecified atom stereocenters. The summed E-state index contributed by atoms with van der Waals surface area (Å²) >= 11 is 0. The summed E-state index contributed by atoms with van der Waals surface area (Å²) in [5.41, 5.74) is 5.33. The fourth-order valence-corrected chi connectivity index (χ4v) is 13.8. The van der Waals surface area contributed by atoms with Crippen LogP contribution in [0, 0.1) is 0 Å². The zero-order valence-electron chi connectivity index (χ0n) is 81.8. The molecule has 0 saturated carbocycles. The Kier molecular flexibility index (Phi) is 56.8. The molecule has 0 saturated heterocycles. The third-order valence-electron chi connectivity index (χ3n) is 22.8. The lowest BCUT2D eigenvalue weighted by molar-refractivity contribution is -0.152. The van der Waals surface area contributed by atoms with Gasteiger partial charge in [-0.05, 0) is 162 Å². The molecular weight excluding hydrogens is 1680 g/mol. The minimum Gasteiger partial charge on any atom is -0.392 e. The van der Waals surface area contributed by atoms with Gasteiger partial charge in [-0.15, -0.1) is 0 Å². The Bertz CT molecular complexity index is 3540. The average Bonchev–Trinajstić information content (AvgIpc) is 0.839. The van der Waals surface area contributed by atoms with Gasteiger partial charge in [0.1, 0.15) is 45.8 Å². The number of nitrogens with one attached hydrogen (secondary N) is 1. The van der Waals surface area contributed by atoms with E-state index in [-0.39, 0.29) is 44.0 Å². The molecule has 0 aromatic rings. The van der Waals surface area contributed by atoms with Crippen LogP contribution in [0.3, 0.4) is 0 Å². The van der Waals surface area contributed by atoms with Crippen LogP contribution in [-0.4, -0.2) is 463 Å². The van der Waals surface area contributed by atoms with Crippen molar-refractivity contribution in [3.05, 3.63) is 0 Å². The quantitative estimate of drug-likeness (QED) is 0.0313. The maximum absolute atomic E-state index is 15.0. The Morgan fingerprint density at radius 3 is 0.465 bits per heavy atom. The molecule has 11 N–H and O–H groups in total. The third kappa shape index (κ3) is 44.3. The van der Waals surface area contributed by atoms with Gasteiger partial charge in [0.15, 0.2) is 0 Å². The Labute approximate surface area is 765 Å². The van der Waals surface area contributed by atoms with Gasteiger partial charge in [0.05, 0.1) is 108 Å². The molecule has 129 heavy (non-hydrogen) atoms. The SMILES string of the molecule is CCC(C)NCC(=O)N(CC(=O)N(CC(=O)N(CC(=O)N(CC(=O)N(CC(=O)N(CC(=O)N(CC(=O)N(CC(=O)N(CC(=O)N(CC(=O)N(CC(=O)N(CC(=O)N(CC(=O)N(CC(=O)N(CC(N)=O)CC(C)O)CC(C)O)CC(C)O)CC(C)O)CC(C)O)CC(C)O)CC(C)O)CC(C)O)C(C)CC)C(C)CC)C(C)CC)C(C)CC)C(C)CC)C(C)CC)C(C)CC. The highest BCUT2D eigenvalue weighted by atomic mass is 16.3. The Hall–Kier alpha value is -8.84. The lowest BCUT2D eigenvalue weighted by Crippen LogP contribution is -2.57. The molecule has 0 bridgehead atoms. The fraction of sp³-hybridized carbons (Fsp3) is 0.818. The van der Waals surface area contributed by atoms with Crippen molar-refractivity contribution in [2.24, 2.45) is 5.73 Å². The summed E-state index contributed by atoms with van der Waals surface area (Å²) in [6, 6.07) is -3.67. The molecule has 16 amide bonds. The maximum Gasteiger partial charge on any atom is 0.242 e. The summed E-state index contributed by atoms with van der Waals surface area (Å²) in [4.78, 5) is 245. The van der Waals surface area contributed by atoms with Gasteiger partial charge in [-0.2, -0.15) is 0 Å². The van der Waals surface area contributed by atoms with E-state index in [1.54, 1.807) is 48.5 Å². The molecular formula is C88H163N17O24. The lowest BCUT2D eigenvalue weighted by Gasteiger charge is -2.38. The van der Waals surface area contributed by atoms with E-state index >= 15 is 0 Å². The van der Waals surface area contributed by atoms with Crippen LogP contribution in [0.1, 0.15) is 218 Å². The van der Waals surface area contributed by atoms with E-state index in [4.69, 9.17) is 5.73 Å². The number of rotatable bonds is 64. The monoisotopic (exact) mass is 1840 g/mol. The van der Waals surface area contributed by atoms with Crippen LogP contribution in [0.15, 0.2) is 0 Å². The summed E-state index contributed by atoms with van der Waals surface area (Å²) in [5.74, 6) is -12.4. The van der Waals surface area contributed by atoms with Crippen molar-refractivity contribution in [2.45, 2.75) is 315 Å². The summed E-state index contributed by atoms with van der Waals surface area (Å²) in [6.45, 7) is 24.8. The van der Waals surface area contributed by atoms with Crippen molar-refractivity contribution >= 4 is 94.5 Å². The number of primary amides is 1. The van der Waals surface area contributed by atoms with Crippen LogP contribution in [0.2, 0.25) is 0 Å². The van der Waals surface area contributed by atoms with E-state index < -0.39 is 311 Å². The molecule has 0 aliphatic heterocycles. The molecule has 0 aromatic heterocycles. The molecule has 0 spiro atoms. The van der Waals surface area contributed by atoms with Gasteiger partial charge < -0.3 is 125 Å². The second-order valence-electron chi connectivity index (χ2n) is 35.1. The fourth-order valence-electron chi connectivity index (χ4n) is 13.8. The minimum absolute atomic E-state index is 0.0243. The van der Waals surface area contributed by atoms with Gasteiger partial charge in [0.2, 0.25) is 94.5 Å². The van der Waals surface area contributed by atoms with Crippen LogP contribution < -0.4 is 11.1 Å². The van der Waals surface area contributed by atoms with E-state index in [1.165, 1.54) is 89.7 Å². The normalized spacial score (nSPS) is 15.1. The van der Waals surface area contributed by atoms with Crippen molar-refractivity contribution in [2.75, 3.05) is 157 Å². The number of carbonyl (C=O) groups is 16. The first kappa shape index (κ1) is 120. The third-order valence-corrected chi connectivity index (χ3v) is 22.8. The summed E-state index contributed by atoms with van der Waals surface area (Å²) in [7, 11) is 0. The molecule has 41 heteroatoms. The first-order chi connectivity index (χ1) is 60.0. The lowest BCUT2D eigenvalue weighted by atomic mass is 10.1. The van der Waals surface area contributed by atoms with Gasteiger partial charge >= 0.3 is 0 Å². The molecule has 0 aliphatic rings. The summed E-state index contributed by atoms with van der Waals surface area (Å²) in [6.07, 6.45) is -6.83. The van der Waals surface area contributed by atoms with E-state index in [9.17, 15) is 118 Å². The van der Waals surface area contributed by atoms with E-state index in [0.717, 1.165) is 45.6 Å². The van der Waals surface area contributed by atoms with Crippen molar-refractivity contribution in [3.8, 4) is 0 Å². The zero-order chi connectivity index (χ0) is 99.5. The van der Waals surface area contributed by atoms with Crippen molar-refractivity contribution in [1.82, 2.24) is 78.8 Å². The van der Waals surface area contributed by atoms with Gasteiger partial charge in [0.25, 0.3) is 0 Å². The van der Waals surface area contributed by atoms with E-state index in [0.29, 0.717) is 38.5 Å². The second-order valence-corrected chi connectivity index (χ2v) is 35.1. The molecule has 744 valence electrons. The number of nitrogens with zero attached hydrogens (tertiary/aromatic N) is 15. The number of aliphatic hydroxyl groups is 8. The van der Waals surface area contributed by atoms with Crippen LogP contribution in [0.4, 0.5) is 0 Å². The Morgan fingerprint density at radius 2 is 0.333 bits per heavy atom. The predicted molar refractivity (Wildman–Crippen MR) is 483 cm³/mol. The van der Waals surface area contributed by atoms with Gasteiger partial charge in [-0.25, -0.2) is 0 Å². The molecule has 0 fully saturated rings. The highest BCUT2D eigenvalue weighted by molar-refractivity contribution is 5.97.